The number of halogens is 1. The van der Waals surface area contributed by atoms with Gasteiger partial charge < -0.3 is 19.5 Å². The van der Waals surface area contributed by atoms with Gasteiger partial charge in [-0.3, -0.25) is 4.79 Å². The number of esters is 1. The largest absolute Gasteiger partial charge is 0.495 e. The van der Waals surface area contributed by atoms with Crippen molar-refractivity contribution in [1.82, 2.24) is 0 Å². The van der Waals surface area contributed by atoms with E-state index >= 15 is 0 Å². The second-order valence-corrected chi connectivity index (χ2v) is 6.35. The van der Waals surface area contributed by atoms with Gasteiger partial charge in [0.15, 0.2) is 6.10 Å². The maximum absolute atomic E-state index is 12.3. The van der Waals surface area contributed by atoms with Gasteiger partial charge in [-0.05, 0) is 48.9 Å². The number of rotatable bonds is 9. The average molecular weight is 416 g/mol. The summed E-state index contributed by atoms with van der Waals surface area (Å²) in [6, 6.07) is 12.0. The highest BCUT2D eigenvalue weighted by atomic mass is 35.5. The van der Waals surface area contributed by atoms with E-state index in [2.05, 4.69) is 11.9 Å². The average Bonchev–Trinajstić information content (AvgIpc) is 2.71. The Labute approximate surface area is 174 Å². The van der Waals surface area contributed by atoms with Crippen molar-refractivity contribution < 1.29 is 23.8 Å². The van der Waals surface area contributed by atoms with Crippen LogP contribution in [0.1, 0.15) is 12.5 Å². The Morgan fingerprint density at radius 1 is 1.21 bits per heavy atom. The molecule has 0 bridgehead atoms. The quantitative estimate of drug-likeness (QED) is 0.371. The molecule has 0 aromatic heterocycles. The highest BCUT2D eigenvalue weighted by molar-refractivity contribution is 6.31. The van der Waals surface area contributed by atoms with Crippen LogP contribution in [0.4, 0.5) is 5.69 Å². The molecule has 0 heterocycles. The van der Waals surface area contributed by atoms with Crippen molar-refractivity contribution in [2.24, 2.45) is 0 Å². The minimum Gasteiger partial charge on any atom is -0.495 e. The fourth-order valence-corrected chi connectivity index (χ4v) is 2.45. The highest BCUT2D eigenvalue weighted by Gasteiger charge is 2.18. The summed E-state index contributed by atoms with van der Waals surface area (Å²) in [5.41, 5.74) is 1.18. The number of amides is 1. The third-order valence-corrected chi connectivity index (χ3v) is 3.98. The molecule has 1 N–H and O–H groups in total. The number of anilines is 1. The predicted octanol–water partition coefficient (Wildman–Crippen LogP) is 4.50. The molecule has 0 saturated heterocycles. The topological polar surface area (TPSA) is 73.9 Å². The molecule has 7 heteroatoms. The Balaban J connectivity index is 1.91. The summed E-state index contributed by atoms with van der Waals surface area (Å²) in [7, 11) is 1.48. The first-order valence-corrected chi connectivity index (χ1v) is 9.17. The number of hydrogen-bond acceptors (Lipinski definition) is 5. The summed E-state index contributed by atoms with van der Waals surface area (Å²) in [6.07, 6.45) is 3.49. The van der Waals surface area contributed by atoms with E-state index in [1.807, 2.05) is 0 Å². The van der Waals surface area contributed by atoms with Crippen LogP contribution >= 0.6 is 11.6 Å². The lowest BCUT2D eigenvalue weighted by molar-refractivity contribution is -0.148. The molecule has 0 unspecified atom stereocenters. The Kier molecular flexibility index (Phi) is 8.30. The summed E-state index contributed by atoms with van der Waals surface area (Å²) in [6.45, 7) is 5.48. The minimum atomic E-state index is -1.01. The zero-order chi connectivity index (χ0) is 21.2. The SMILES string of the molecule is C=CCOc1ccc(/C=C/C(=O)O[C@H](C)C(=O)Nc2cc(Cl)ccc2OC)cc1. The van der Waals surface area contributed by atoms with Gasteiger partial charge in [-0.2, -0.15) is 0 Å². The lowest BCUT2D eigenvalue weighted by Gasteiger charge is -2.14. The van der Waals surface area contributed by atoms with Crippen LogP contribution in [0.15, 0.2) is 61.2 Å². The van der Waals surface area contributed by atoms with Gasteiger partial charge in [0.05, 0.1) is 12.8 Å². The van der Waals surface area contributed by atoms with Crippen molar-refractivity contribution in [3.8, 4) is 11.5 Å². The van der Waals surface area contributed by atoms with Crippen LogP contribution in [-0.4, -0.2) is 31.7 Å². The van der Waals surface area contributed by atoms with E-state index in [1.54, 1.807) is 54.6 Å². The first-order valence-electron chi connectivity index (χ1n) is 8.79. The Morgan fingerprint density at radius 2 is 1.93 bits per heavy atom. The molecule has 1 atom stereocenters. The van der Waals surface area contributed by atoms with Crippen LogP contribution in [-0.2, 0) is 14.3 Å². The molecule has 2 aromatic carbocycles. The van der Waals surface area contributed by atoms with E-state index in [-0.39, 0.29) is 0 Å². The monoisotopic (exact) mass is 415 g/mol. The maximum Gasteiger partial charge on any atom is 0.331 e. The summed E-state index contributed by atoms with van der Waals surface area (Å²) in [5.74, 6) is 0.00165. The molecule has 6 nitrogen and oxygen atoms in total. The first kappa shape index (κ1) is 22.0. The fourth-order valence-electron chi connectivity index (χ4n) is 2.27. The maximum atomic E-state index is 12.3. The van der Waals surface area contributed by atoms with Crippen LogP contribution in [0, 0.1) is 0 Å². The van der Waals surface area contributed by atoms with Crippen molar-refractivity contribution in [1.29, 1.82) is 0 Å². The van der Waals surface area contributed by atoms with Crippen LogP contribution in [0.25, 0.3) is 6.08 Å². The van der Waals surface area contributed by atoms with Crippen LogP contribution in [0.2, 0.25) is 5.02 Å². The number of methoxy groups -OCH3 is 1. The molecule has 0 aliphatic carbocycles. The zero-order valence-electron chi connectivity index (χ0n) is 16.2. The molecular formula is C22H22ClNO5. The van der Waals surface area contributed by atoms with Crippen LogP contribution < -0.4 is 14.8 Å². The molecule has 29 heavy (non-hydrogen) atoms. The van der Waals surface area contributed by atoms with Gasteiger partial charge in [0.25, 0.3) is 5.91 Å². The number of ether oxygens (including phenoxy) is 3. The van der Waals surface area contributed by atoms with Gasteiger partial charge >= 0.3 is 5.97 Å². The molecule has 2 rings (SSSR count). The van der Waals surface area contributed by atoms with E-state index in [9.17, 15) is 9.59 Å². The molecule has 0 aliphatic rings. The molecule has 0 spiro atoms. The number of carbonyl (C=O) groups excluding carboxylic acids is 2. The summed E-state index contributed by atoms with van der Waals surface area (Å²) in [5, 5.41) is 3.07. The summed E-state index contributed by atoms with van der Waals surface area (Å²) in [4.78, 5) is 24.3. The smallest absolute Gasteiger partial charge is 0.331 e. The number of hydrogen-bond donors (Lipinski definition) is 1. The third kappa shape index (κ3) is 7.01. The second kappa shape index (κ2) is 10.9. The highest BCUT2D eigenvalue weighted by Crippen LogP contribution is 2.27. The van der Waals surface area contributed by atoms with Crippen molar-refractivity contribution in [2.75, 3.05) is 19.0 Å². The Morgan fingerprint density at radius 3 is 2.59 bits per heavy atom. The Hall–Kier alpha value is -3.25. The molecule has 1 amide bonds. The number of carbonyl (C=O) groups is 2. The van der Waals surface area contributed by atoms with Gasteiger partial charge in [0.2, 0.25) is 0 Å². The van der Waals surface area contributed by atoms with Crippen LogP contribution in [0.5, 0.6) is 11.5 Å². The van der Waals surface area contributed by atoms with Gasteiger partial charge in [-0.15, -0.1) is 0 Å². The number of benzene rings is 2. The van der Waals surface area contributed by atoms with Crippen molar-refractivity contribution in [2.45, 2.75) is 13.0 Å². The fraction of sp³-hybridized carbons (Fsp3) is 0.182. The molecule has 0 saturated carbocycles. The van der Waals surface area contributed by atoms with Gasteiger partial charge in [-0.1, -0.05) is 36.4 Å². The van der Waals surface area contributed by atoms with Gasteiger partial charge in [-0.25, -0.2) is 4.79 Å². The van der Waals surface area contributed by atoms with Gasteiger partial charge in [0, 0.05) is 11.1 Å². The number of nitrogens with one attached hydrogen (secondary N) is 1. The molecular weight excluding hydrogens is 394 g/mol. The van der Waals surface area contributed by atoms with E-state index in [0.29, 0.717) is 28.8 Å². The molecule has 152 valence electrons. The van der Waals surface area contributed by atoms with Crippen LogP contribution in [0.3, 0.4) is 0 Å². The normalized spacial score (nSPS) is 11.6. The summed E-state index contributed by atoms with van der Waals surface area (Å²) < 4.78 is 15.7. The van der Waals surface area contributed by atoms with E-state index in [0.717, 1.165) is 5.56 Å². The first-order chi connectivity index (χ1) is 13.9. The molecule has 0 fully saturated rings. The molecule has 2 aromatic rings. The lowest BCUT2D eigenvalue weighted by atomic mass is 10.2. The lowest BCUT2D eigenvalue weighted by Crippen LogP contribution is -2.29. The van der Waals surface area contributed by atoms with Crippen molar-refractivity contribution >= 4 is 35.2 Å². The van der Waals surface area contributed by atoms with E-state index in [1.165, 1.54) is 20.1 Å². The second-order valence-electron chi connectivity index (χ2n) is 5.92. The van der Waals surface area contributed by atoms with E-state index in [4.69, 9.17) is 25.8 Å². The standard InChI is InChI=1S/C22H22ClNO5/c1-4-13-28-18-9-5-16(6-10-18)7-12-21(25)29-15(2)22(26)24-19-14-17(23)8-11-20(19)27-3/h4-12,14-15H,1,13H2,2-3H3,(H,24,26)/b12-7+/t15-/m1/s1. The molecule has 0 radical (unpaired) electrons. The zero-order valence-corrected chi connectivity index (χ0v) is 16.9. The minimum absolute atomic E-state index is 0.391. The van der Waals surface area contributed by atoms with Crippen molar-refractivity contribution in [3.05, 3.63) is 71.8 Å². The third-order valence-electron chi connectivity index (χ3n) is 3.74. The van der Waals surface area contributed by atoms with Gasteiger partial charge in [0.1, 0.15) is 18.1 Å². The summed E-state index contributed by atoms with van der Waals surface area (Å²) >= 11 is 5.94. The predicted molar refractivity (Wildman–Crippen MR) is 113 cm³/mol. The Bertz CT molecular complexity index is 893. The van der Waals surface area contributed by atoms with E-state index < -0.39 is 18.0 Å². The van der Waals surface area contributed by atoms with Crippen molar-refractivity contribution in [3.63, 3.8) is 0 Å². The molecule has 0 aliphatic heterocycles.